The van der Waals surface area contributed by atoms with Gasteiger partial charge in [0.05, 0.1) is 24.5 Å². The van der Waals surface area contributed by atoms with Crippen molar-refractivity contribution in [3.8, 4) is 5.75 Å². The molecule has 0 spiro atoms. The van der Waals surface area contributed by atoms with Gasteiger partial charge < -0.3 is 14.2 Å². The summed E-state index contributed by atoms with van der Waals surface area (Å²) in [5, 5.41) is -0.0114. The van der Waals surface area contributed by atoms with Gasteiger partial charge in [0, 0.05) is 6.61 Å². The lowest BCUT2D eigenvalue weighted by molar-refractivity contribution is -0.148. The maximum absolute atomic E-state index is 13.4. The molecule has 116 valence electrons. The van der Waals surface area contributed by atoms with Crippen LogP contribution in [0.15, 0.2) is 18.2 Å². The number of ether oxygens (including phenoxy) is 3. The van der Waals surface area contributed by atoms with E-state index in [9.17, 15) is 14.0 Å². The zero-order chi connectivity index (χ0) is 15.7. The fraction of sp³-hybridized carbons (Fsp3) is 0.429. The predicted molar refractivity (Wildman–Crippen MR) is 73.7 cm³/mol. The molecule has 0 amide bonds. The molecule has 5 nitrogen and oxygen atoms in total. The van der Waals surface area contributed by atoms with Crippen molar-refractivity contribution >= 4 is 23.5 Å². The first kappa shape index (κ1) is 17.4. The van der Waals surface area contributed by atoms with Crippen LogP contribution >= 0.6 is 11.6 Å². The number of esters is 2. The molecule has 0 aromatic heterocycles. The Kier molecular flexibility index (Phi) is 7.71. The van der Waals surface area contributed by atoms with E-state index < -0.39 is 17.8 Å². The van der Waals surface area contributed by atoms with Gasteiger partial charge in [-0.2, -0.15) is 0 Å². The largest absolute Gasteiger partial charge is 0.463 e. The lowest BCUT2D eigenvalue weighted by Gasteiger charge is -2.07. The van der Waals surface area contributed by atoms with E-state index in [1.807, 2.05) is 6.92 Å². The van der Waals surface area contributed by atoms with Gasteiger partial charge in [0.1, 0.15) is 6.61 Å². The Bertz CT molecular complexity index is 472. The highest BCUT2D eigenvalue weighted by molar-refractivity contribution is 6.32. The van der Waals surface area contributed by atoms with Crippen LogP contribution in [0.2, 0.25) is 5.02 Å². The van der Waals surface area contributed by atoms with Crippen molar-refractivity contribution in [1.29, 1.82) is 0 Å². The number of hydrogen-bond acceptors (Lipinski definition) is 5. The smallest absolute Gasteiger partial charge is 0.311 e. The minimum Gasteiger partial charge on any atom is -0.463 e. The summed E-state index contributed by atoms with van der Waals surface area (Å²) >= 11 is 5.71. The number of para-hydroxylation sites is 1. The Morgan fingerprint density at radius 2 is 1.90 bits per heavy atom. The molecule has 0 N–H and O–H groups in total. The van der Waals surface area contributed by atoms with Gasteiger partial charge in [-0.1, -0.05) is 17.7 Å². The van der Waals surface area contributed by atoms with Gasteiger partial charge in [-0.3, -0.25) is 9.59 Å². The second-order valence-electron chi connectivity index (χ2n) is 3.94. The molecule has 1 rings (SSSR count). The van der Waals surface area contributed by atoms with E-state index in [0.717, 1.165) is 6.07 Å². The van der Waals surface area contributed by atoms with Crippen LogP contribution in [-0.4, -0.2) is 31.8 Å². The SMILES string of the molecule is CCOCCOC(=O)CCC(=O)Oc1c(F)cccc1Cl. The summed E-state index contributed by atoms with van der Waals surface area (Å²) in [5.41, 5.74) is 0. The standard InChI is InChI=1S/C14H16ClFO5/c1-2-19-8-9-20-12(17)6-7-13(18)21-14-10(15)4-3-5-11(14)16/h3-5H,2,6-9H2,1H3. The topological polar surface area (TPSA) is 61.8 Å². The van der Waals surface area contributed by atoms with E-state index in [1.54, 1.807) is 0 Å². The first-order valence-corrected chi connectivity index (χ1v) is 6.80. The first-order valence-electron chi connectivity index (χ1n) is 6.42. The molecule has 0 bridgehead atoms. The van der Waals surface area contributed by atoms with Gasteiger partial charge >= 0.3 is 11.9 Å². The lowest BCUT2D eigenvalue weighted by atomic mass is 10.3. The number of benzene rings is 1. The van der Waals surface area contributed by atoms with Gasteiger partial charge in [-0.25, -0.2) is 4.39 Å². The predicted octanol–water partition coefficient (Wildman–Crippen LogP) is 2.74. The van der Waals surface area contributed by atoms with Crippen molar-refractivity contribution in [2.75, 3.05) is 19.8 Å². The molecule has 0 aliphatic heterocycles. The van der Waals surface area contributed by atoms with Crippen LogP contribution in [0.3, 0.4) is 0 Å². The van der Waals surface area contributed by atoms with Crippen LogP contribution in [0.5, 0.6) is 5.75 Å². The number of hydrogen-bond donors (Lipinski definition) is 0. The summed E-state index contributed by atoms with van der Waals surface area (Å²) in [4.78, 5) is 22.8. The third-order valence-electron chi connectivity index (χ3n) is 2.36. The van der Waals surface area contributed by atoms with Crippen molar-refractivity contribution in [3.05, 3.63) is 29.0 Å². The Hall–Kier alpha value is -1.66. The summed E-state index contributed by atoms with van der Waals surface area (Å²) in [6, 6.07) is 3.91. The van der Waals surface area contributed by atoms with E-state index >= 15 is 0 Å². The number of carbonyl (C=O) groups excluding carboxylic acids is 2. The van der Waals surface area contributed by atoms with Gasteiger partial charge in [-0.15, -0.1) is 0 Å². The van der Waals surface area contributed by atoms with Crippen molar-refractivity contribution in [1.82, 2.24) is 0 Å². The third kappa shape index (κ3) is 6.55. The molecule has 0 unspecified atom stereocenters. The highest BCUT2D eigenvalue weighted by Crippen LogP contribution is 2.27. The van der Waals surface area contributed by atoms with E-state index in [0.29, 0.717) is 13.2 Å². The summed E-state index contributed by atoms with van der Waals surface area (Å²) < 4.78 is 28.0. The fourth-order valence-corrected chi connectivity index (χ4v) is 1.58. The molecule has 0 saturated heterocycles. The van der Waals surface area contributed by atoms with E-state index in [4.69, 9.17) is 25.8 Å². The molecular weight excluding hydrogens is 303 g/mol. The van der Waals surface area contributed by atoms with Crippen LogP contribution in [0.25, 0.3) is 0 Å². The first-order chi connectivity index (χ1) is 10.0. The average molecular weight is 319 g/mol. The molecular formula is C14H16ClFO5. The highest BCUT2D eigenvalue weighted by atomic mass is 35.5. The van der Waals surface area contributed by atoms with Crippen LogP contribution in [-0.2, 0) is 19.1 Å². The molecule has 0 radical (unpaired) electrons. The summed E-state index contributed by atoms with van der Waals surface area (Å²) in [5.74, 6) is -2.39. The van der Waals surface area contributed by atoms with Crippen molar-refractivity contribution in [2.45, 2.75) is 19.8 Å². The Balaban J connectivity index is 2.32. The van der Waals surface area contributed by atoms with Crippen molar-refractivity contribution < 1.29 is 28.2 Å². The molecule has 1 aromatic rings. The van der Waals surface area contributed by atoms with Gasteiger partial charge in [0.15, 0.2) is 11.6 Å². The lowest BCUT2D eigenvalue weighted by Crippen LogP contribution is -2.15. The normalized spacial score (nSPS) is 10.2. The number of rotatable bonds is 8. The monoisotopic (exact) mass is 318 g/mol. The zero-order valence-electron chi connectivity index (χ0n) is 11.6. The van der Waals surface area contributed by atoms with Crippen LogP contribution in [0.4, 0.5) is 4.39 Å². The second-order valence-corrected chi connectivity index (χ2v) is 4.35. The average Bonchev–Trinajstić information content (AvgIpc) is 2.45. The molecule has 0 atom stereocenters. The molecule has 21 heavy (non-hydrogen) atoms. The van der Waals surface area contributed by atoms with Crippen molar-refractivity contribution in [3.63, 3.8) is 0 Å². The fourth-order valence-electron chi connectivity index (χ4n) is 1.38. The quantitative estimate of drug-likeness (QED) is 0.419. The molecule has 0 aliphatic carbocycles. The number of carbonyl (C=O) groups is 2. The molecule has 7 heteroatoms. The van der Waals surface area contributed by atoms with Crippen LogP contribution in [0.1, 0.15) is 19.8 Å². The second kappa shape index (κ2) is 9.31. The van der Waals surface area contributed by atoms with Gasteiger partial charge in [-0.05, 0) is 19.1 Å². The highest BCUT2D eigenvalue weighted by Gasteiger charge is 2.15. The van der Waals surface area contributed by atoms with E-state index in [-0.39, 0.29) is 30.2 Å². The molecule has 0 saturated carbocycles. The minimum atomic E-state index is -0.760. The molecule has 0 fully saturated rings. The Labute approximate surface area is 126 Å². The third-order valence-corrected chi connectivity index (χ3v) is 2.66. The van der Waals surface area contributed by atoms with Gasteiger partial charge in [0.25, 0.3) is 0 Å². The molecule has 0 aliphatic rings. The summed E-state index contributed by atoms with van der Waals surface area (Å²) in [7, 11) is 0. The number of halogens is 2. The van der Waals surface area contributed by atoms with E-state index in [2.05, 4.69) is 0 Å². The zero-order valence-corrected chi connectivity index (χ0v) is 12.3. The molecule has 1 aromatic carbocycles. The summed E-state index contributed by atoms with van der Waals surface area (Å²) in [6.45, 7) is 2.79. The Morgan fingerprint density at radius 1 is 1.19 bits per heavy atom. The minimum absolute atomic E-state index is 0.0114. The molecule has 0 heterocycles. The van der Waals surface area contributed by atoms with Gasteiger partial charge in [0.2, 0.25) is 0 Å². The van der Waals surface area contributed by atoms with Crippen LogP contribution < -0.4 is 4.74 Å². The Morgan fingerprint density at radius 3 is 2.57 bits per heavy atom. The maximum Gasteiger partial charge on any atom is 0.311 e. The van der Waals surface area contributed by atoms with Crippen LogP contribution in [0, 0.1) is 5.82 Å². The van der Waals surface area contributed by atoms with E-state index in [1.165, 1.54) is 12.1 Å². The maximum atomic E-state index is 13.4. The summed E-state index contributed by atoms with van der Waals surface area (Å²) in [6.07, 6.45) is -0.380. The van der Waals surface area contributed by atoms with Crippen molar-refractivity contribution in [2.24, 2.45) is 0 Å².